The molecule has 0 heterocycles. The number of halogens is 1. The van der Waals surface area contributed by atoms with E-state index >= 15 is 0 Å². The Morgan fingerprint density at radius 1 is 1.11 bits per heavy atom. The zero-order chi connectivity index (χ0) is 13.8. The van der Waals surface area contributed by atoms with Gasteiger partial charge in [0.1, 0.15) is 0 Å². The van der Waals surface area contributed by atoms with Crippen LogP contribution in [0.1, 0.15) is 25.0 Å². The van der Waals surface area contributed by atoms with Gasteiger partial charge in [0.2, 0.25) is 0 Å². The highest BCUT2D eigenvalue weighted by molar-refractivity contribution is 14.1. The molecule has 19 heavy (non-hydrogen) atoms. The fourth-order valence-electron chi connectivity index (χ4n) is 2.93. The Bertz CT molecular complexity index is 707. The van der Waals surface area contributed by atoms with E-state index in [1.807, 2.05) is 52.9 Å². The maximum atomic E-state index is 11.4. The van der Waals surface area contributed by atoms with Crippen LogP contribution in [0.5, 0.6) is 0 Å². The van der Waals surface area contributed by atoms with Gasteiger partial charge in [-0.1, -0.05) is 44.2 Å². The van der Waals surface area contributed by atoms with Crippen LogP contribution in [0.2, 0.25) is 0 Å². The summed E-state index contributed by atoms with van der Waals surface area (Å²) in [5, 5.41) is 11.4. The molecule has 0 N–H and O–H groups in total. The van der Waals surface area contributed by atoms with Gasteiger partial charge in [-0.2, -0.15) is 0 Å². The van der Waals surface area contributed by atoms with Gasteiger partial charge in [0.05, 0.1) is 14.1 Å². The van der Waals surface area contributed by atoms with Crippen molar-refractivity contribution in [1.82, 2.24) is 0 Å². The van der Waals surface area contributed by atoms with Crippen LogP contribution in [0.15, 0.2) is 36.4 Å². The molecule has 1 aliphatic rings. The van der Waals surface area contributed by atoms with Crippen molar-refractivity contribution in [2.24, 2.45) is 0 Å². The molecule has 4 heteroatoms. The van der Waals surface area contributed by atoms with Crippen LogP contribution in [-0.4, -0.2) is 4.92 Å². The molecule has 2 aromatic rings. The molecule has 0 unspecified atom stereocenters. The normalized spacial score (nSPS) is 14.9. The quantitative estimate of drug-likeness (QED) is 0.424. The van der Waals surface area contributed by atoms with Gasteiger partial charge in [-0.25, -0.2) is 0 Å². The second-order valence-corrected chi connectivity index (χ2v) is 6.41. The number of rotatable bonds is 1. The van der Waals surface area contributed by atoms with Crippen molar-refractivity contribution < 1.29 is 4.92 Å². The monoisotopic (exact) mass is 365 g/mol. The van der Waals surface area contributed by atoms with E-state index in [9.17, 15) is 10.1 Å². The maximum absolute atomic E-state index is 11.4. The Morgan fingerprint density at radius 2 is 1.79 bits per heavy atom. The number of benzene rings is 2. The van der Waals surface area contributed by atoms with E-state index in [4.69, 9.17) is 0 Å². The molecule has 0 spiro atoms. The number of hydrogen-bond acceptors (Lipinski definition) is 2. The molecular formula is C15H12INO2. The minimum Gasteiger partial charge on any atom is -0.258 e. The molecule has 1 aliphatic carbocycles. The Balaban J connectivity index is 2.47. The van der Waals surface area contributed by atoms with Gasteiger partial charge in [0.15, 0.2) is 0 Å². The second-order valence-electron chi connectivity index (χ2n) is 5.25. The van der Waals surface area contributed by atoms with E-state index in [1.54, 1.807) is 0 Å². The zero-order valence-corrected chi connectivity index (χ0v) is 12.8. The summed E-state index contributed by atoms with van der Waals surface area (Å²) in [6.45, 7) is 4.24. The first kappa shape index (κ1) is 12.6. The summed E-state index contributed by atoms with van der Waals surface area (Å²) in [7, 11) is 0. The third-order valence-electron chi connectivity index (χ3n) is 3.85. The van der Waals surface area contributed by atoms with Gasteiger partial charge in [-0.3, -0.25) is 10.1 Å². The minimum absolute atomic E-state index is 0.180. The third-order valence-corrected chi connectivity index (χ3v) is 4.72. The molecule has 0 aliphatic heterocycles. The average molecular weight is 365 g/mol. The molecule has 0 aromatic heterocycles. The first-order valence-electron chi connectivity index (χ1n) is 6.02. The maximum Gasteiger partial charge on any atom is 0.290 e. The van der Waals surface area contributed by atoms with Crippen molar-refractivity contribution in [1.29, 1.82) is 0 Å². The molecule has 3 nitrogen and oxygen atoms in total. The highest BCUT2D eigenvalue weighted by atomic mass is 127. The molecule has 0 fully saturated rings. The Kier molecular flexibility index (Phi) is 2.67. The molecule has 2 aromatic carbocycles. The van der Waals surface area contributed by atoms with Crippen molar-refractivity contribution in [3.8, 4) is 11.1 Å². The molecule has 0 bridgehead atoms. The van der Waals surface area contributed by atoms with Crippen LogP contribution >= 0.6 is 22.6 Å². The highest BCUT2D eigenvalue weighted by Crippen LogP contribution is 2.52. The SMILES string of the molecule is CC1(C)c2ccccc2-c2c1ccc(I)c2[N+](=O)[O-]. The lowest BCUT2D eigenvalue weighted by Crippen LogP contribution is -2.15. The van der Waals surface area contributed by atoms with Gasteiger partial charge in [-0.05, 0) is 45.3 Å². The van der Waals surface area contributed by atoms with Gasteiger partial charge < -0.3 is 0 Å². The Morgan fingerprint density at radius 3 is 2.47 bits per heavy atom. The number of hydrogen-bond donors (Lipinski definition) is 0. The summed E-state index contributed by atoms with van der Waals surface area (Å²) in [5.41, 5.74) is 4.04. The van der Waals surface area contributed by atoms with Crippen LogP contribution in [0.25, 0.3) is 11.1 Å². The van der Waals surface area contributed by atoms with Crippen LogP contribution in [0.3, 0.4) is 0 Å². The lowest BCUT2D eigenvalue weighted by Gasteiger charge is -2.21. The van der Waals surface area contributed by atoms with Crippen molar-refractivity contribution in [3.05, 3.63) is 61.2 Å². The largest absolute Gasteiger partial charge is 0.290 e. The smallest absolute Gasteiger partial charge is 0.258 e. The summed E-state index contributed by atoms with van der Waals surface area (Å²) < 4.78 is 0.689. The molecule has 0 radical (unpaired) electrons. The molecule has 96 valence electrons. The van der Waals surface area contributed by atoms with Crippen molar-refractivity contribution in [3.63, 3.8) is 0 Å². The van der Waals surface area contributed by atoms with Crippen molar-refractivity contribution in [2.75, 3.05) is 0 Å². The topological polar surface area (TPSA) is 43.1 Å². The molecular weight excluding hydrogens is 353 g/mol. The van der Waals surface area contributed by atoms with Gasteiger partial charge >= 0.3 is 0 Å². The van der Waals surface area contributed by atoms with Crippen molar-refractivity contribution in [2.45, 2.75) is 19.3 Å². The summed E-state index contributed by atoms with van der Waals surface area (Å²) in [5.74, 6) is 0. The zero-order valence-electron chi connectivity index (χ0n) is 10.6. The minimum atomic E-state index is -0.265. The van der Waals surface area contributed by atoms with Crippen LogP contribution in [0, 0.1) is 13.7 Å². The van der Waals surface area contributed by atoms with E-state index in [2.05, 4.69) is 19.9 Å². The molecule has 0 saturated heterocycles. The predicted octanol–water partition coefficient (Wildman–Crippen LogP) is 4.51. The third kappa shape index (κ3) is 1.62. The first-order valence-corrected chi connectivity index (χ1v) is 7.09. The lowest BCUT2D eigenvalue weighted by molar-refractivity contribution is -0.385. The lowest BCUT2D eigenvalue weighted by atomic mass is 9.82. The second kappa shape index (κ2) is 4.03. The van der Waals surface area contributed by atoms with Crippen LogP contribution < -0.4 is 0 Å². The van der Waals surface area contributed by atoms with Gasteiger partial charge in [-0.15, -0.1) is 0 Å². The standard InChI is InChI=1S/C15H12INO2/c1-15(2)10-6-4-3-5-9(10)13-11(15)7-8-12(16)14(13)17(18)19/h3-8H,1-2H3. The van der Waals surface area contributed by atoms with E-state index in [0.29, 0.717) is 3.57 Å². The van der Waals surface area contributed by atoms with Crippen LogP contribution in [-0.2, 0) is 5.41 Å². The number of nitro benzene ring substituents is 1. The summed E-state index contributed by atoms with van der Waals surface area (Å²) >= 11 is 2.04. The van der Waals surface area contributed by atoms with Crippen molar-refractivity contribution >= 4 is 28.3 Å². The number of nitrogens with zero attached hydrogens (tertiary/aromatic N) is 1. The first-order chi connectivity index (χ1) is 8.94. The number of nitro groups is 1. The molecule has 0 atom stereocenters. The van der Waals surface area contributed by atoms with Gasteiger partial charge in [0, 0.05) is 5.41 Å². The van der Waals surface area contributed by atoms with Crippen LogP contribution in [0.4, 0.5) is 5.69 Å². The summed E-state index contributed by atoms with van der Waals surface area (Å²) in [6.07, 6.45) is 0. The van der Waals surface area contributed by atoms with E-state index < -0.39 is 0 Å². The van der Waals surface area contributed by atoms with E-state index in [1.165, 1.54) is 0 Å². The molecule has 3 rings (SSSR count). The van der Waals surface area contributed by atoms with E-state index in [0.717, 1.165) is 22.3 Å². The average Bonchev–Trinajstić information content (AvgIpc) is 2.59. The van der Waals surface area contributed by atoms with Gasteiger partial charge in [0.25, 0.3) is 5.69 Å². The Labute approximate surface area is 124 Å². The fraction of sp³-hybridized carbons (Fsp3) is 0.200. The molecule has 0 amide bonds. The van der Waals surface area contributed by atoms with E-state index in [-0.39, 0.29) is 16.0 Å². The fourth-order valence-corrected chi connectivity index (χ4v) is 3.58. The summed E-state index contributed by atoms with van der Waals surface area (Å²) in [4.78, 5) is 11.1. The Hall–Kier alpha value is -1.43. The summed E-state index contributed by atoms with van der Waals surface area (Å²) in [6, 6.07) is 11.8. The number of fused-ring (bicyclic) bond motifs is 3. The highest BCUT2D eigenvalue weighted by Gasteiger charge is 2.40. The molecule has 0 saturated carbocycles. The predicted molar refractivity (Wildman–Crippen MR) is 83.4 cm³/mol.